The van der Waals surface area contributed by atoms with Crippen LogP contribution in [0, 0.1) is 6.92 Å². The number of H-pyrrole nitrogens is 1. The lowest BCUT2D eigenvalue weighted by molar-refractivity contribution is 0.668. The summed E-state index contributed by atoms with van der Waals surface area (Å²) in [5, 5.41) is 13.1. The molecular weight excluding hydrogens is 210 g/mol. The van der Waals surface area contributed by atoms with Gasteiger partial charge < -0.3 is 5.32 Å². The predicted molar refractivity (Wildman–Crippen MR) is 58.6 cm³/mol. The van der Waals surface area contributed by atoms with E-state index in [0.717, 1.165) is 36.0 Å². The zero-order valence-electron chi connectivity index (χ0n) is 8.53. The van der Waals surface area contributed by atoms with Gasteiger partial charge >= 0.3 is 0 Å². The van der Waals surface area contributed by atoms with Gasteiger partial charge in [0.05, 0.1) is 0 Å². The monoisotopic (exact) mass is 223 g/mol. The molecule has 0 radical (unpaired) electrons. The van der Waals surface area contributed by atoms with Gasteiger partial charge in [0.2, 0.25) is 0 Å². The average molecular weight is 223 g/mol. The molecule has 0 aliphatic carbocycles. The molecule has 2 N–H and O–H groups in total. The van der Waals surface area contributed by atoms with Gasteiger partial charge in [0.25, 0.3) is 0 Å². The third-order valence-corrected chi connectivity index (χ3v) is 2.91. The SMILES string of the molecule is Cc1csc(CNCCc2ncn[nH]2)n1. The first kappa shape index (κ1) is 10.3. The first-order valence-electron chi connectivity index (χ1n) is 4.80. The Hall–Kier alpha value is -1.27. The molecule has 0 saturated heterocycles. The Kier molecular flexibility index (Phi) is 3.41. The van der Waals surface area contributed by atoms with Gasteiger partial charge in [-0.2, -0.15) is 5.10 Å². The number of nitrogens with one attached hydrogen (secondary N) is 2. The van der Waals surface area contributed by atoms with Crippen LogP contribution >= 0.6 is 11.3 Å². The van der Waals surface area contributed by atoms with Crippen LogP contribution in [0.1, 0.15) is 16.5 Å². The van der Waals surface area contributed by atoms with Crippen molar-refractivity contribution in [1.82, 2.24) is 25.5 Å². The lowest BCUT2D eigenvalue weighted by atomic mass is 10.4. The van der Waals surface area contributed by atoms with E-state index in [1.807, 2.05) is 6.92 Å². The van der Waals surface area contributed by atoms with Crippen LogP contribution < -0.4 is 5.32 Å². The summed E-state index contributed by atoms with van der Waals surface area (Å²) in [5.41, 5.74) is 1.09. The molecule has 0 unspecified atom stereocenters. The summed E-state index contributed by atoms with van der Waals surface area (Å²) in [6.45, 7) is 3.72. The standard InChI is InChI=1S/C9H13N5S/c1-7-5-15-9(13-7)4-10-3-2-8-11-6-12-14-8/h5-6,10H,2-4H2,1H3,(H,11,12,14). The fourth-order valence-electron chi connectivity index (χ4n) is 1.24. The molecule has 80 valence electrons. The number of rotatable bonds is 5. The molecular formula is C9H13N5S. The molecule has 0 atom stereocenters. The molecule has 0 aromatic carbocycles. The molecule has 2 aromatic heterocycles. The molecule has 2 heterocycles. The van der Waals surface area contributed by atoms with E-state index in [0.29, 0.717) is 0 Å². The number of nitrogens with zero attached hydrogens (tertiary/aromatic N) is 3. The Morgan fingerprint density at radius 2 is 2.47 bits per heavy atom. The topological polar surface area (TPSA) is 66.5 Å². The maximum atomic E-state index is 4.37. The minimum absolute atomic E-state index is 0.826. The third kappa shape index (κ3) is 3.10. The summed E-state index contributed by atoms with van der Waals surface area (Å²) < 4.78 is 0. The van der Waals surface area contributed by atoms with Crippen molar-refractivity contribution < 1.29 is 0 Å². The molecule has 0 saturated carbocycles. The second-order valence-electron chi connectivity index (χ2n) is 3.24. The van der Waals surface area contributed by atoms with Crippen molar-refractivity contribution in [1.29, 1.82) is 0 Å². The van der Waals surface area contributed by atoms with E-state index in [9.17, 15) is 0 Å². The van der Waals surface area contributed by atoms with Crippen LogP contribution in [0.15, 0.2) is 11.7 Å². The van der Waals surface area contributed by atoms with Crippen molar-refractivity contribution in [3.63, 3.8) is 0 Å². The van der Waals surface area contributed by atoms with E-state index < -0.39 is 0 Å². The quantitative estimate of drug-likeness (QED) is 0.739. The van der Waals surface area contributed by atoms with Crippen molar-refractivity contribution >= 4 is 11.3 Å². The smallest absolute Gasteiger partial charge is 0.137 e. The first-order valence-corrected chi connectivity index (χ1v) is 5.68. The van der Waals surface area contributed by atoms with Crippen LogP contribution in [0.4, 0.5) is 0 Å². The van der Waals surface area contributed by atoms with Crippen molar-refractivity contribution in [3.8, 4) is 0 Å². The first-order chi connectivity index (χ1) is 7.34. The van der Waals surface area contributed by atoms with Crippen LogP contribution in [0.25, 0.3) is 0 Å². The summed E-state index contributed by atoms with van der Waals surface area (Å²) in [6, 6.07) is 0. The maximum absolute atomic E-state index is 4.37. The molecule has 2 rings (SSSR count). The predicted octanol–water partition coefficient (Wildman–Crippen LogP) is 0.902. The van der Waals surface area contributed by atoms with Crippen molar-refractivity contribution in [2.45, 2.75) is 19.9 Å². The Bertz CT molecular complexity index is 394. The molecule has 2 aromatic rings. The van der Waals surface area contributed by atoms with E-state index in [1.165, 1.54) is 6.33 Å². The molecule has 5 nitrogen and oxygen atoms in total. The zero-order valence-corrected chi connectivity index (χ0v) is 9.34. The second-order valence-corrected chi connectivity index (χ2v) is 4.18. The Morgan fingerprint density at radius 3 is 3.13 bits per heavy atom. The fraction of sp³-hybridized carbons (Fsp3) is 0.444. The molecule has 0 spiro atoms. The molecule has 15 heavy (non-hydrogen) atoms. The van der Waals surface area contributed by atoms with E-state index >= 15 is 0 Å². The van der Waals surface area contributed by atoms with Gasteiger partial charge in [0, 0.05) is 30.6 Å². The summed E-state index contributed by atoms with van der Waals surface area (Å²) in [7, 11) is 0. The number of thiazole rings is 1. The average Bonchev–Trinajstić information content (AvgIpc) is 2.84. The Morgan fingerprint density at radius 1 is 1.53 bits per heavy atom. The number of aromatic amines is 1. The highest BCUT2D eigenvalue weighted by molar-refractivity contribution is 7.09. The van der Waals surface area contributed by atoms with Crippen LogP contribution in [0.5, 0.6) is 0 Å². The Balaban J connectivity index is 1.67. The van der Waals surface area contributed by atoms with E-state index in [-0.39, 0.29) is 0 Å². The number of hydrogen-bond acceptors (Lipinski definition) is 5. The van der Waals surface area contributed by atoms with Crippen LogP contribution in [-0.4, -0.2) is 26.7 Å². The van der Waals surface area contributed by atoms with Crippen LogP contribution in [0.2, 0.25) is 0 Å². The van der Waals surface area contributed by atoms with Gasteiger partial charge in [-0.05, 0) is 6.92 Å². The lowest BCUT2D eigenvalue weighted by Crippen LogP contribution is -2.17. The highest BCUT2D eigenvalue weighted by atomic mass is 32.1. The summed E-state index contributed by atoms with van der Waals surface area (Å²) >= 11 is 1.69. The maximum Gasteiger partial charge on any atom is 0.137 e. The van der Waals surface area contributed by atoms with E-state index in [4.69, 9.17) is 0 Å². The highest BCUT2D eigenvalue weighted by Gasteiger charge is 1.98. The summed E-state index contributed by atoms with van der Waals surface area (Å²) in [5.74, 6) is 0.915. The minimum Gasteiger partial charge on any atom is -0.310 e. The molecule has 0 amide bonds. The highest BCUT2D eigenvalue weighted by Crippen LogP contribution is 2.07. The van der Waals surface area contributed by atoms with E-state index in [2.05, 4.69) is 30.9 Å². The zero-order chi connectivity index (χ0) is 10.5. The normalized spacial score (nSPS) is 10.7. The number of hydrogen-bond donors (Lipinski definition) is 2. The lowest BCUT2D eigenvalue weighted by Gasteiger charge is -1.99. The van der Waals surface area contributed by atoms with Gasteiger partial charge in [-0.15, -0.1) is 11.3 Å². The largest absolute Gasteiger partial charge is 0.310 e. The number of aryl methyl sites for hydroxylation is 1. The fourth-order valence-corrected chi connectivity index (χ4v) is 1.98. The van der Waals surface area contributed by atoms with Crippen molar-refractivity contribution in [2.24, 2.45) is 0 Å². The third-order valence-electron chi connectivity index (χ3n) is 1.95. The van der Waals surface area contributed by atoms with Crippen molar-refractivity contribution in [2.75, 3.05) is 6.54 Å². The van der Waals surface area contributed by atoms with E-state index in [1.54, 1.807) is 11.3 Å². The summed E-state index contributed by atoms with van der Waals surface area (Å²) in [6.07, 6.45) is 2.39. The van der Waals surface area contributed by atoms with Crippen molar-refractivity contribution in [3.05, 3.63) is 28.2 Å². The minimum atomic E-state index is 0.826. The van der Waals surface area contributed by atoms with Gasteiger partial charge in [-0.25, -0.2) is 9.97 Å². The number of aromatic nitrogens is 4. The van der Waals surface area contributed by atoms with Gasteiger partial charge in [-0.3, -0.25) is 5.10 Å². The second kappa shape index (κ2) is 4.99. The summed E-state index contributed by atoms with van der Waals surface area (Å²) in [4.78, 5) is 8.41. The van der Waals surface area contributed by atoms with Gasteiger partial charge in [-0.1, -0.05) is 0 Å². The van der Waals surface area contributed by atoms with Gasteiger partial charge in [0.1, 0.15) is 17.2 Å². The molecule has 0 bridgehead atoms. The molecule has 0 aliphatic rings. The molecule has 6 heteroatoms. The molecule has 0 fully saturated rings. The van der Waals surface area contributed by atoms with Crippen LogP contribution in [0.3, 0.4) is 0 Å². The van der Waals surface area contributed by atoms with Crippen LogP contribution in [-0.2, 0) is 13.0 Å². The van der Waals surface area contributed by atoms with Gasteiger partial charge in [0.15, 0.2) is 0 Å². The molecule has 0 aliphatic heterocycles. The Labute approximate surface area is 92.0 Å².